The van der Waals surface area contributed by atoms with Gasteiger partial charge in [0.1, 0.15) is 6.54 Å². The molecule has 2 aromatic rings. The third kappa shape index (κ3) is 7.06. The van der Waals surface area contributed by atoms with Gasteiger partial charge < -0.3 is 5.32 Å². The summed E-state index contributed by atoms with van der Waals surface area (Å²) < 4.78 is 25.4. The van der Waals surface area contributed by atoms with E-state index in [1.165, 1.54) is 29.3 Å². The number of carbonyl (C=O) groups is 1. The van der Waals surface area contributed by atoms with Crippen LogP contribution in [0, 0.1) is 17.0 Å². The topological polar surface area (TPSA) is 110 Å². The van der Waals surface area contributed by atoms with Gasteiger partial charge in [-0.3, -0.25) is 19.2 Å². The Balaban J connectivity index is 1.98. The summed E-state index contributed by atoms with van der Waals surface area (Å²) in [5.74, 6) is 0.00676. The van der Waals surface area contributed by atoms with E-state index in [1.54, 1.807) is 6.92 Å². The molecular weight excluding hydrogens is 418 g/mol. The van der Waals surface area contributed by atoms with Crippen molar-refractivity contribution in [3.05, 3.63) is 69.3 Å². The van der Waals surface area contributed by atoms with Crippen molar-refractivity contribution in [1.82, 2.24) is 5.32 Å². The van der Waals surface area contributed by atoms with Gasteiger partial charge in [0.25, 0.3) is 5.69 Å². The molecule has 0 atom stereocenters. The van der Waals surface area contributed by atoms with Crippen LogP contribution in [0.25, 0.3) is 0 Å². The minimum Gasteiger partial charge on any atom is -0.355 e. The highest BCUT2D eigenvalue weighted by atomic mass is 32.2. The van der Waals surface area contributed by atoms with Gasteiger partial charge in [-0.25, -0.2) is 8.42 Å². The zero-order valence-corrected chi connectivity index (χ0v) is 19.1. The van der Waals surface area contributed by atoms with Crippen molar-refractivity contribution in [3.8, 4) is 0 Å². The van der Waals surface area contributed by atoms with Crippen LogP contribution in [-0.2, 0) is 21.2 Å². The smallest absolute Gasteiger partial charge is 0.271 e. The summed E-state index contributed by atoms with van der Waals surface area (Å²) in [6.07, 6.45) is 2.47. The number of hydrogen-bond donors (Lipinski definition) is 1. The van der Waals surface area contributed by atoms with Crippen molar-refractivity contribution >= 4 is 27.3 Å². The zero-order valence-electron chi connectivity index (χ0n) is 18.3. The number of benzene rings is 2. The second kappa shape index (κ2) is 10.4. The lowest BCUT2D eigenvalue weighted by Crippen LogP contribution is -2.41. The Morgan fingerprint density at radius 3 is 2.35 bits per heavy atom. The van der Waals surface area contributed by atoms with Crippen molar-refractivity contribution in [1.29, 1.82) is 0 Å². The van der Waals surface area contributed by atoms with Gasteiger partial charge in [-0.15, -0.1) is 0 Å². The molecule has 0 heterocycles. The van der Waals surface area contributed by atoms with E-state index in [-0.39, 0.29) is 11.4 Å². The van der Waals surface area contributed by atoms with Gasteiger partial charge in [-0.05, 0) is 42.4 Å². The van der Waals surface area contributed by atoms with Crippen LogP contribution in [0.1, 0.15) is 42.9 Å². The molecule has 2 rings (SSSR count). The average Bonchev–Trinajstić information content (AvgIpc) is 2.69. The van der Waals surface area contributed by atoms with E-state index in [0.717, 1.165) is 17.0 Å². The van der Waals surface area contributed by atoms with Crippen molar-refractivity contribution < 1.29 is 18.1 Å². The summed E-state index contributed by atoms with van der Waals surface area (Å²) in [6, 6.07) is 12.3. The normalized spacial score (nSPS) is 11.4. The van der Waals surface area contributed by atoms with Crippen molar-refractivity contribution in [3.63, 3.8) is 0 Å². The van der Waals surface area contributed by atoms with Crippen LogP contribution >= 0.6 is 0 Å². The maximum absolute atomic E-state index is 12.4. The number of nitrogens with zero attached hydrogens (tertiary/aromatic N) is 2. The Morgan fingerprint density at radius 2 is 1.81 bits per heavy atom. The fourth-order valence-electron chi connectivity index (χ4n) is 3.14. The molecule has 1 N–H and O–H groups in total. The monoisotopic (exact) mass is 447 g/mol. The van der Waals surface area contributed by atoms with Gasteiger partial charge >= 0.3 is 0 Å². The van der Waals surface area contributed by atoms with Gasteiger partial charge in [-0.2, -0.15) is 0 Å². The summed E-state index contributed by atoms with van der Waals surface area (Å²) in [5, 5.41) is 13.8. The number of aryl methyl sites for hydroxylation is 2. The van der Waals surface area contributed by atoms with Crippen LogP contribution in [0.2, 0.25) is 0 Å². The van der Waals surface area contributed by atoms with E-state index < -0.39 is 27.4 Å². The summed E-state index contributed by atoms with van der Waals surface area (Å²) in [5.41, 5.74) is 2.85. The predicted octanol–water partition coefficient (Wildman–Crippen LogP) is 3.54. The minimum atomic E-state index is -3.81. The van der Waals surface area contributed by atoms with Crippen molar-refractivity contribution in [2.75, 3.05) is 23.7 Å². The molecule has 0 radical (unpaired) electrons. The lowest BCUT2D eigenvalue weighted by atomic mass is 10.0. The summed E-state index contributed by atoms with van der Waals surface area (Å²) in [6.45, 7) is 5.87. The fourth-order valence-corrected chi connectivity index (χ4v) is 4.04. The van der Waals surface area contributed by atoms with Gasteiger partial charge in [0.05, 0.1) is 16.9 Å². The SMILES string of the molecule is Cc1ccc([N+](=O)[O-])cc1N(CC(=O)NCCCc1ccc(C(C)C)cc1)S(C)(=O)=O. The molecule has 8 nitrogen and oxygen atoms in total. The molecule has 0 aliphatic rings. The number of sulfonamides is 1. The standard InChI is InChI=1S/C22H29N3O5S/c1-16(2)19-10-8-18(9-11-19)6-5-13-23-22(26)15-24(31(4,29)30)21-14-20(25(27)28)12-7-17(21)3/h7-12,14,16H,5-6,13,15H2,1-4H3,(H,23,26). The maximum Gasteiger partial charge on any atom is 0.271 e. The van der Waals surface area contributed by atoms with Crippen LogP contribution in [0.5, 0.6) is 0 Å². The van der Waals surface area contributed by atoms with Crippen molar-refractivity contribution in [2.24, 2.45) is 0 Å². The maximum atomic E-state index is 12.4. The molecule has 2 aromatic carbocycles. The molecule has 0 saturated carbocycles. The first-order chi connectivity index (χ1) is 14.5. The van der Waals surface area contributed by atoms with Crippen LogP contribution in [0.4, 0.5) is 11.4 Å². The first-order valence-electron chi connectivity index (χ1n) is 10.1. The second-order valence-electron chi connectivity index (χ2n) is 7.85. The molecule has 31 heavy (non-hydrogen) atoms. The number of hydrogen-bond acceptors (Lipinski definition) is 5. The summed E-state index contributed by atoms with van der Waals surface area (Å²) in [4.78, 5) is 22.8. The Bertz CT molecular complexity index is 1030. The molecular formula is C22H29N3O5S. The molecule has 1 amide bonds. The highest BCUT2D eigenvalue weighted by molar-refractivity contribution is 7.92. The molecule has 0 bridgehead atoms. The van der Waals surface area contributed by atoms with Crippen LogP contribution in [-0.4, -0.2) is 38.6 Å². The van der Waals surface area contributed by atoms with E-state index in [2.05, 4.69) is 43.4 Å². The lowest BCUT2D eigenvalue weighted by molar-refractivity contribution is -0.384. The van der Waals surface area contributed by atoms with Gasteiger partial charge in [0.15, 0.2) is 0 Å². The fraction of sp³-hybridized carbons (Fsp3) is 0.409. The molecule has 0 aromatic heterocycles. The molecule has 9 heteroatoms. The van der Waals surface area contributed by atoms with Gasteiger partial charge in [0.2, 0.25) is 15.9 Å². The van der Waals surface area contributed by atoms with E-state index in [9.17, 15) is 23.3 Å². The minimum absolute atomic E-state index is 0.122. The summed E-state index contributed by atoms with van der Waals surface area (Å²) >= 11 is 0. The zero-order chi connectivity index (χ0) is 23.2. The number of nitrogens with one attached hydrogen (secondary N) is 1. The third-order valence-corrected chi connectivity index (χ3v) is 6.10. The molecule has 0 saturated heterocycles. The van der Waals surface area contributed by atoms with Crippen LogP contribution in [0.3, 0.4) is 0 Å². The van der Waals surface area contributed by atoms with E-state index in [1.807, 2.05) is 0 Å². The third-order valence-electron chi connectivity index (χ3n) is 4.97. The van der Waals surface area contributed by atoms with E-state index in [0.29, 0.717) is 24.4 Å². The van der Waals surface area contributed by atoms with E-state index in [4.69, 9.17) is 0 Å². The second-order valence-corrected chi connectivity index (χ2v) is 9.75. The number of non-ortho nitro benzene ring substituents is 1. The summed E-state index contributed by atoms with van der Waals surface area (Å²) in [7, 11) is -3.81. The largest absolute Gasteiger partial charge is 0.355 e. The van der Waals surface area contributed by atoms with Crippen LogP contribution < -0.4 is 9.62 Å². The number of nitro groups is 1. The molecule has 168 valence electrons. The lowest BCUT2D eigenvalue weighted by Gasteiger charge is -2.23. The highest BCUT2D eigenvalue weighted by Gasteiger charge is 2.24. The first-order valence-corrected chi connectivity index (χ1v) is 11.9. The Kier molecular flexibility index (Phi) is 8.15. The first kappa shape index (κ1) is 24.3. The number of rotatable bonds is 10. The van der Waals surface area contributed by atoms with Gasteiger partial charge in [0, 0.05) is 18.7 Å². The molecule has 0 aliphatic carbocycles. The Hall–Kier alpha value is -2.94. The molecule has 0 spiro atoms. The molecule has 0 fully saturated rings. The van der Waals surface area contributed by atoms with Gasteiger partial charge in [-0.1, -0.05) is 44.2 Å². The number of carbonyl (C=O) groups excluding carboxylic acids is 1. The van der Waals surface area contributed by atoms with Crippen molar-refractivity contribution in [2.45, 2.75) is 39.5 Å². The Morgan fingerprint density at radius 1 is 1.16 bits per heavy atom. The number of nitro benzene ring substituents is 1. The predicted molar refractivity (Wildman–Crippen MR) is 122 cm³/mol. The van der Waals surface area contributed by atoms with E-state index >= 15 is 0 Å². The highest BCUT2D eigenvalue weighted by Crippen LogP contribution is 2.27. The number of anilines is 1. The molecule has 0 unspecified atom stereocenters. The average molecular weight is 448 g/mol. The van der Waals surface area contributed by atoms with Crippen LogP contribution in [0.15, 0.2) is 42.5 Å². The Labute approximate surface area is 183 Å². The quantitative estimate of drug-likeness (QED) is 0.340. The molecule has 0 aliphatic heterocycles. The number of amides is 1.